The van der Waals surface area contributed by atoms with Crippen LogP contribution < -0.4 is 0 Å². The van der Waals surface area contributed by atoms with Crippen molar-refractivity contribution in [3.05, 3.63) is 59.7 Å². The third-order valence-electron chi connectivity index (χ3n) is 2.69. The maximum Gasteiger partial charge on any atom is 0.307 e. The zero-order valence-electron chi connectivity index (χ0n) is 9.68. The fraction of sp³-hybridized carbons (Fsp3) is 0.133. The highest BCUT2D eigenvalue weighted by Gasteiger charge is 2.08. The second-order valence-corrected chi connectivity index (χ2v) is 4.10. The zero-order valence-corrected chi connectivity index (χ0v) is 9.68. The van der Waals surface area contributed by atoms with E-state index >= 15 is 0 Å². The first-order valence-electron chi connectivity index (χ1n) is 5.53. The summed E-state index contributed by atoms with van der Waals surface area (Å²) in [5, 5.41) is 8.91. The largest absolute Gasteiger partial charge is 0.481 e. The van der Waals surface area contributed by atoms with Gasteiger partial charge in [0.2, 0.25) is 0 Å². The van der Waals surface area contributed by atoms with Gasteiger partial charge in [0, 0.05) is 0 Å². The Kier molecular flexibility index (Phi) is 3.24. The van der Waals surface area contributed by atoms with Gasteiger partial charge < -0.3 is 5.11 Å². The van der Waals surface area contributed by atoms with Crippen molar-refractivity contribution in [2.24, 2.45) is 0 Å². The topological polar surface area (TPSA) is 37.3 Å². The second kappa shape index (κ2) is 4.83. The van der Waals surface area contributed by atoms with E-state index in [1.807, 2.05) is 55.5 Å². The molecule has 0 fully saturated rings. The number of carbonyl (C=O) groups is 1. The van der Waals surface area contributed by atoms with E-state index in [-0.39, 0.29) is 6.42 Å². The summed E-state index contributed by atoms with van der Waals surface area (Å²) in [6.45, 7) is 2.01. The fourth-order valence-corrected chi connectivity index (χ4v) is 1.89. The van der Waals surface area contributed by atoms with E-state index in [2.05, 4.69) is 0 Å². The molecule has 1 N–H and O–H groups in total. The van der Waals surface area contributed by atoms with Gasteiger partial charge in [-0.25, -0.2) is 0 Å². The van der Waals surface area contributed by atoms with E-state index < -0.39 is 5.97 Å². The minimum absolute atomic E-state index is 0.0600. The normalized spacial score (nSPS) is 10.2. The van der Waals surface area contributed by atoms with Crippen LogP contribution in [0.2, 0.25) is 0 Å². The molecule has 0 aliphatic rings. The molecule has 0 atom stereocenters. The number of hydrogen-bond donors (Lipinski definition) is 1. The highest BCUT2D eigenvalue weighted by atomic mass is 16.4. The van der Waals surface area contributed by atoms with Crippen LogP contribution in [0.3, 0.4) is 0 Å². The molecule has 86 valence electrons. The predicted octanol–water partition coefficient (Wildman–Crippen LogP) is 3.29. The van der Waals surface area contributed by atoms with E-state index in [9.17, 15) is 4.79 Å². The maximum atomic E-state index is 10.8. The first-order chi connectivity index (χ1) is 8.16. The summed E-state index contributed by atoms with van der Waals surface area (Å²) in [5.41, 5.74) is 4.06. The summed E-state index contributed by atoms with van der Waals surface area (Å²) in [7, 11) is 0. The van der Waals surface area contributed by atoms with Gasteiger partial charge in [0.1, 0.15) is 0 Å². The molecule has 0 aliphatic carbocycles. The average Bonchev–Trinajstić information content (AvgIpc) is 2.32. The van der Waals surface area contributed by atoms with Crippen molar-refractivity contribution in [2.45, 2.75) is 13.3 Å². The van der Waals surface area contributed by atoms with Crippen molar-refractivity contribution in [2.75, 3.05) is 0 Å². The van der Waals surface area contributed by atoms with Crippen LogP contribution in [-0.2, 0) is 11.2 Å². The summed E-state index contributed by atoms with van der Waals surface area (Å²) in [5.74, 6) is -0.800. The lowest BCUT2D eigenvalue weighted by atomic mass is 9.96. The van der Waals surface area contributed by atoms with Crippen molar-refractivity contribution in [1.82, 2.24) is 0 Å². The summed E-state index contributed by atoms with van der Waals surface area (Å²) < 4.78 is 0. The second-order valence-electron chi connectivity index (χ2n) is 4.10. The van der Waals surface area contributed by atoms with Gasteiger partial charge in [-0.3, -0.25) is 4.79 Å². The van der Waals surface area contributed by atoms with Gasteiger partial charge in [-0.1, -0.05) is 54.1 Å². The average molecular weight is 226 g/mol. The minimum Gasteiger partial charge on any atom is -0.481 e. The van der Waals surface area contributed by atoms with Gasteiger partial charge in [-0.2, -0.15) is 0 Å². The molecule has 2 nitrogen and oxygen atoms in total. The van der Waals surface area contributed by atoms with Gasteiger partial charge >= 0.3 is 5.97 Å². The summed E-state index contributed by atoms with van der Waals surface area (Å²) >= 11 is 0. The molecule has 2 heteroatoms. The molecule has 0 saturated heterocycles. The monoisotopic (exact) mass is 226 g/mol. The highest BCUT2D eigenvalue weighted by molar-refractivity contribution is 5.76. The highest BCUT2D eigenvalue weighted by Crippen LogP contribution is 2.25. The Morgan fingerprint density at radius 3 is 2.47 bits per heavy atom. The molecular weight excluding hydrogens is 212 g/mol. The number of aryl methyl sites for hydroxylation is 1. The Morgan fingerprint density at radius 1 is 1.12 bits per heavy atom. The SMILES string of the molecule is Cc1ccc(CC(=O)O)c(-c2ccccc2)c1. The van der Waals surface area contributed by atoms with Gasteiger partial charge in [0.05, 0.1) is 6.42 Å². The van der Waals surface area contributed by atoms with E-state index in [1.165, 1.54) is 0 Å². The third kappa shape index (κ3) is 2.72. The Hall–Kier alpha value is -2.09. The quantitative estimate of drug-likeness (QED) is 0.872. The smallest absolute Gasteiger partial charge is 0.307 e. The van der Waals surface area contributed by atoms with Crippen LogP contribution in [0.5, 0.6) is 0 Å². The first-order valence-corrected chi connectivity index (χ1v) is 5.53. The molecule has 0 spiro atoms. The Bertz CT molecular complexity index is 530. The van der Waals surface area contributed by atoms with Gasteiger partial charge in [0.25, 0.3) is 0 Å². The van der Waals surface area contributed by atoms with Crippen molar-refractivity contribution < 1.29 is 9.90 Å². The van der Waals surface area contributed by atoms with E-state index in [0.29, 0.717) is 0 Å². The van der Waals surface area contributed by atoms with Gasteiger partial charge in [-0.15, -0.1) is 0 Å². The van der Waals surface area contributed by atoms with Crippen molar-refractivity contribution in [3.63, 3.8) is 0 Å². The molecule has 0 heterocycles. The van der Waals surface area contributed by atoms with Crippen molar-refractivity contribution in [3.8, 4) is 11.1 Å². The van der Waals surface area contributed by atoms with E-state index in [0.717, 1.165) is 22.3 Å². The zero-order chi connectivity index (χ0) is 12.3. The van der Waals surface area contributed by atoms with Gasteiger partial charge in [0.15, 0.2) is 0 Å². The summed E-state index contributed by atoms with van der Waals surface area (Å²) in [6.07, 6.45) is 0.0600. The molecule has 0 aliphatic heterocycles. The van der Waals surface area contributed by atoms with Crippen molar-refractivity contribution in [1.29, 1.82) is 0 Å². The van der Waals surface area contributed by atoms with Crippen LogP contribution in [-0.4, -0.2) is 11.1 Å². The lowest BCUT2D eigenvalue weighted by Crippen LogP contribution is -2.02. The van der Waals surface area contributed by atoms with Crippen LogP contribution in [0, 0.1) is 6.92 Å². The summed E-state index contributed by atoms with van der Waals surface area (Å²) in [6, 6.07) is 15.8. The number of hydrogen-bond acceptors (Lipinski definition) is 1. The van der Waals surface area contributed by atoms with Crippen LogP contribution in [0.25, 0.3) is 11.1 Å². The van der Waals surface area contributed by atoms with Crippen LogP contribution in [0.15, 0.2) is 48.5 Å². The maximum absolute atomic E-state index is 10.8. The van der Waals surface area contributed by atoms with Crippen LogP contribution in [0.4, 0.5) is 0 Å². The van der Waals surface area contributed by atoms with Gasteiger partial charge in [-0.05, 0) is 23.6 Å². The number of carboxylic acid groups (broad SMARTS) is 1. The third-order valence-corrected chi connectivity index (χ3v) is 2.69. The number of carboxylic acids is 1. The first kappa shape index (κ1) is 11.4. The Balaban J connectivity index is 2.51. The van der Waals surface area contributed by atoms with E-state index in [4.69, 9.17) is 5.11 Å². The Labute approximate surface area is 101 Å². The van der Waals surface area contributed by atoms with E-state index in [1.54, 1.807) is 0 Å². The standard InChI is InChI=1S/C15H14O2/c1-11-7-8-13(10-15(16)17)14(9-11)12-5-3-2-4-6-12/h2-9H,10H2,1H3,(H,16,17). The molecule has 0 amide bonds. The lowest BCUT2D eigenvalue weighted by Gasteiger charge is -2.09. The molecule has 0 bridgehead atoms. The molecule has 0 aromatic heterocycles. The molecule has 2 rings (SSSR count). The molecular formula is C15H14O2. The molecule has 0 saturated carbocycles. The Morgan fingerprint density at radius 2 is 1.82 bits per heavy atom. The summed E-state index contributed by atoms with van der Waals surface area (Å²) in [4.78, 5) is 10.8. The van der Waals surface area contributed by atoms with Crippen LogP contribution in [0.1, 0.15) is 11.1 Å². The molecule has 0 radical (unpaired) electrons. The number of aliphatic carboxylic acids is 1. The van der Waals surface area contributed by atoms with Crippen LogP contribution >= 0.6 is 0 Å². The van der Waals surface area contributed by atoms with Crippen molar-refractivity contribution >= 4 is 5.97 Å². The fourth-order valence-electron chi connectivity index (χ4n) is 1.89. The minimum atomic E-state index is -0.800. The molecule has 17 heavy (non-hydrogen) atoms. The predicted molar refractivity (Wildman–Crippen MR) is 68.0 cm³/mol. The molecule has 0 unspecified atom stereocenters. The number of benzene rings is 2. The molecule has 2 aromatic rings. The molecule has 2 aromatic carbocycles. The lowest BCUT2D eigenvalue weighted by molar-refractivity contribution is -0.136. The number of rotatable bonds is 3.